The summed E-state index contributed by atoms with van der Waals surface area (Å²) in [5.74, 6) is -0.617. The van der Waals surface area contributed by atoms with E-state index in [-0.39, 0.29) is 10.6 Å². The summed E-state index contributed by atoms with van der Waals surface area (Å²) in [6.45, 7) is 1.92. The van der Waals surface area contributed by atoms with E-state index in [1.54, 1.807) is 12.1 Å². The van der Waals surface area contributed by atoms with Gasteiger partial charge in [-0.25, -0.2) is 8.42 Å². The van der Waals surface area contributed by atoms with Gasteiger partial charge in [0, 0.05) is 0 Å². The number of hydrogen-bond acceptors (Lipinski definition) is 3. The maximum Gasteiger partial charge on any atom is 0.573 e. The second-order valence-electron chi connectivity index (χ2n) is 4.65. The molecule has 0 aliphatic carbocycles. The molecule has 2 aromatic carbocycles. The van der Waals surface area contributed by atoms with Gasteiger partial charge in [-0.2, -0.15) is 0 Å². The number of hydrogen-bond donors (Lipinski definition) is 1. The molecule has 23 heavy (non-hydrogen) atoms. The number of benzene rings is 2. The summed E-state index contributed by atoms with van der Waals surface area (Å²) in [6.07, 6.45) is -4.17. The van der Waals surface area contributed by atoms with Crippen LogP contribution in [0.15, 0.2) is 53.4 Å². The Morgan fingerprint density at radius 2 is 1.65 bits per heavy atom. The summed E-state index contributed by atoms with van der Waals surface area (Å²) >= 11 is 0. The normalized spacial score (nSPS) is 12.0. The van der Waals surface area contributed by atoms with E-state index in [9.17, 15) is 21.6 Å². The van der Waals surface area contributed by atoms with Crippen molar-refractivity contribution in [3.63, 3.8) is 0 Å². The lowest BCUT2D eigenvalue weighted by atomic mass is 10.2. The molecule has 0 aliphatic heterocycles. The van der Waals surface area contributed by atoms with Crippen LogP contribution in [0.3, 0.4) is 0 Å². The molecule has 2 rings (SSSR count). The minimum atomic E-state index is -4.91. The minimum absolute atomic E-state index is 0.0449. The highest BCUT2D eigenvalue weighted by Gasteiger charge is 2.32. The number of para-hydroxylation sites is 2. The van der Waals surface area contributed by atoms with Crippen LogP contribution in [0, 0.1) is 0 Å². The van der Waals surface area contributed by atoms with Crippen LogP contribution in [0.2, 0.25) is 0 Å². The van der Waals surface area contributed by atoms with Crippen LogP contribution in [0.1, 0.15) is 12.5 Å². The molecule has 0 bridgehead atoms. The van der Waals surface area contributed by atoms with Crippen molar-refractivity contribution in [2.45, 2.75) is 24.6 Å². The summed E-state index contributed by atoms with van der Waals surface area (Å²) < 4.78 is 67.6. The molecule has 0 radical (unpaired) electrons. The molecule has 0 unspecified atom stereocenters. The second kappa shape index (κ2) is 6.49. The maximum absolute atomic E-state index is 12.4. The molecule has 0 atom stereocenters. The van der Waals surface area contributed by atoms with Crippen LogP contribution >= 0.6 is 0 Å². The maximum atomic E-state index is 12.4. The van der Waals surface area contributed by atoms with Gasteiger partial charge in [-0.3, -0.25) is 4.72 Å². The van der Waals surface area contributed by atoms with Crippen molar-refractivity contribution in [1.82, 2.24) is 0 Å². The third kappa shape index (κ3) is 4.62. The summed E-state index contributed by atoms with van der Waals surface area (Å²) in [4.78, 5) is -0.0449. The molecule has 0 amide bonds. The van der Waals surface area contributed by atoms with E-state index >= 15 is 0 Å². The van der Waals surface area contributed by atoms with Gasteiger partial charge in [0.2, 0.25) is 0 Å². The molecule has 0 saturated heterocycles. The minimum Gasteiger partial charge on any atom is -0.404 e. The summed E-state index contributed by atoms with van der Waals surface area (Å²) in [6, 6.07) is 11.0. The molecule has 8 heteroatoms. The Morgan fingerprint density at radius 1 is 1.04 bits per heavy atom. The van der Waals surface area contributed by atoms with Crippen molar-refractivity contribution in [3.05, 3.63) is 54.1 Å². The average Bonchev–Trinajstić information content (AvgIpc) is 2.48. The highest BCUT2D eigenvalue weighted by atomic mass is 32.2. The number of alkyl halides is 3. The molecule has 0 saturated carbocycles. The predicted octanol–water partition coefficient (Wildman–Crippen LogP) is 3.95. The first-order chi connectivity index (χ1) is 10.7. The fourth-order valence-electron chi connectivity index (χ4n) is 1.87. The van der Waals surface area contributed by atoms with E-state index in [0.717, 1.165) is 18.1 Å². The Morgan fingerprint density at radius 3 is 2.22 bits per heavy atom. The summed E-state index contributed by atoms with van der Waals surface area (Å²) in [7, 11) is -4.01. The largest absolute Gasteiger partial charge is 0.573 e. The first-order valence-electron chi connectivity index (χ1n) is 6.68. The van der Waals surface area contributed by atoms with Gasteiger partial charge in [0.15, 0.2) is 5.75 Å². The topological polar surface area (TPSA) is 55.4 Å². The first kappa shape index (κ1) is 17.1. The Bertz CT molecular complexity index is 771. The zero-order valence-corrected chi connectivity index (χ0v) is 12.9. The van der Waals surface area contributed by atoms with Crippen molar-refractivity contribution in [1.29, 1.82) is 0 Å². The van der Waals surface area contributed by atoms with Gasteiger partial charge in [-0.15, -0.1) is 13.2 Å². The Hall–Kier alpha value is -2.22. The van der Waals surface area contributed by atoms with E-state index in [1.165, 1.54) is 30.3 Å². The summed E-state index contributed by atoms with van der Waals surface area (Å²) in [5.41, 5.74) is 0.661. The molecule has 1 N–H and O–H groups in total. The number of sulfonamides is 1. The van der Waals surface area contributed by atoms with Gasteiger partial charge < -0.3 is 4.74 Å². The fraction of sp³-hybridized carbons (Fsp3) is 0.200. The molecule has 0 heterocycles. The van der Waals surface area contributed by atoms with Crippen LogP contribution < -0.4 is 9.46 Å². The smallest absolute Gasteiger partial charge is 0.404 e. The number of nitrogens with one attached hydrogen (secondary N) is 1. The van der Waals surface area contributed by atoms with E-state index in [1.807, 2.05) is 6.92 Å². The summed E-state index contributed by atoms with van der Waals surface area (Å²) in [5, 5.41) is 0. The van der Waals surface area contributed by atoms with Crippen molar-refractivity contribution >= 4 is 15.7 Å². The molecular weight excluding hydrogens is 331 g/mol. The number of ether oxygens (including phenoxy) is 1. The molecule has 0 fully saturated rings. The van der Waals surface area contributed by atoms with Crippen molar-refractivity contribution < 1.29 is 26.3 Å². The SMILES string of the molecule is CCc1ccc(S(=O)(=O)Nc2ccccc2OC(F)(F)F)cc1. The van der Waals surface area contributed by atoms with E-state index in [4.69, 9.17) is 0 Å². The zero-order valence-electron chi connectivity index (χ0n) is 12.1. The quantitative estimate of drug-likeness (QED) is 0.893. The van der Waals surface area contributed by atoms with E-state index in [0.29, 0.717) is 0 Å². The van der Waals surface area contributed by atoms with Gasteiger partial charge >= 0.3 is 6.36 Å². The van der Waals surface area contributed by atoms with E-state index < -0.39 is 22.1 Å². The highest BCUT2D eigenvalue weighted by molar-refractivity contribution is 7.92. The van der Waals surface area contributed by atoms with Crippen LogP contribution in [0.25, 0.3) is 0 Å². The molecule has 124 valence electrons. The molecule has 2 aromatic rings. The number of anilines is 1. The van der Waals surface area contributed by atoms with Gasteiger partial charge in [-0.1, -0.05) is 31.2 Å². The van der Waals surface area contributed by atoms with Crippen molar-refractivity contribution in [3.8, 4) is 5.75 Å². The molecular formula is C15H14F3NO3S. The van der Waals surface area contributed by atoms with Crippen molar-refractivity contribution in [2.75, 3.05) is 4.72 Å². The van der Waals surface area contributed by atoms with Gasteiger partial charge in [0.25, 0.3) is 10.0 Å². The zero-order chi connectivity index (χ0) is 17.1. The van der Waals surface area contributed by atoms with Gasteiger partial charge in [0.05, 0.1) is 10.6 Å². The third-order valence-corrected chi connectivity index (χ3v) is 4.38. The second-order valence-corrected chi connectivity index (χ2v) is 6.33. The lowest BCUT2D eigenvalue weighted by molar-refractivity contribution is -0.274. The number of aryl methyl sites for hydroxylation is 1. The molecule has 4 nitrogen and oxygen atoms in total. The third-order valence-electron chi connectivity index (χ3n) is 3.00. The monoisotopic (exact) mass is 345 g/mol. The lowest BCUT2D eigenvalue weighted by Gasteiger charge is -2.14. The van der Waals surface area contributed by atoms with Gasteiger partial charge in [-0.05, 0) is 36.2 Å². The highest BCUT2D eigenvalue weighted by Crippen LogP contribution is 2.31. The van der Waals surface area contributed by atoms with Crippen LogP contribution in [-0.4, -0.2) is 14.8 Å². The Labute approximate surface area is 132 Å². The predicted molar refractivity (Wildman–Crippen MR) is 79.8 cm³/mol. The van der Waals surface area contributed by atoms with Crippen molar-refractivity contribution in [2.24, 2.45) is 0 Å². The molecule has 0 aliphatic rings. The lowest BCUT2D eigenvalue weighted by Crippen LogP contribution is -2.19. The van der Waals surface area contributed by atoms with Crippen LogP contribution in [0.4, 0.5) is 18.9 Å². The van der Waals surface area contributed by atoms with Crippen LogP contribution in [0.5, 0.6) is 5.75 Å². The first-order valence-corrected chi connectivity index (χ1v) is 8.16. The average molecular weight is 345 g/mol. The standard InChI is InChI=1S/C15H14F3NO3S/c1-2-11-7-9-12(10-8-11)23(20,21)19-13-5-3-4-6-14(13)22-15(16,17)18/h3-10,19H,2H2,1H3. The van der Waals surface area contributed by atoms with Crippen LogP contribution in [-0.2, 0) is 16.4 Å². The van der Waals surface area contributed by atoms with Gasteiger partial charge in [0.1, 0.15) is 0 Å². The number of rotatable bonds is 5. The molecule has 0 aromatic heterocycles. The van der Waals surface area contributed by atoms with E-state index in [2.05, 4.69) is 9.46 Å². The fourth-order valence-corrected chi connectivity index (χ4v) is 2.94. The number of halogens is 3. The Balaban J connectivity index is 2.30. The Kier molecular flexibility index (Phi) is 4.84. The molecule has 0 spiro atoms.